The Hall–Kier alpha value is -4.63. The quantitative estimate of drug-likeness (QED) is 0.254. The zero-order valence-electron chi connectivity index (χ0n) is 24.4. The van der Waals surface area contributed by atoms with Crippen LogP contribution in [0.3, 0.4) is 0 Å². The van der Waals surface area contributed by atoms with Crippen LogP contribution in [0.5, 0.6) is 0 Å². The molecule has 0 atom stereocenters. The first-order valence-corrected chi connectivity index (χ1v) is 13.5. The van der Waals surface area contributed by atoms with E-state index in [9.17, 15) is 9.59 Å². The maximum Gasteiger partial charge on any atom is 0.255 e. The summed E-state index contributed by atoms with van der Waals surface area (Å²) >= 11 is 0. The van der Waals surface area contributed by atoms with E-state index < -0.39 is 0 Å². The zero-order valence-corrected chi connectivity index (χ0v) is 24.4. The maximum absolute atomic E-state index is 13.0. The molecule has 0 saturated heterocycles. The van der Waals surface area contributed by atoms with Crippen molar-refractivity contribution in [3.8, 4) is 11.4 Å². The van der Waals surface area contributed by atoms with Gasteiger partial charge in [-0.3, -0.25) is 9.59 Å². The predicted octanol–water partition coefficient (Wildman–Crippen LogP) is 5.43. The fourth-order valence-corrected chi connectivity index (χ4v) is 4.14. The Labute approximate surface area is 241 Å². The monoisotopic (exact) mass is 551 g/mol. The molecule has 0 aliphatic heterocycles. The number of benzene rings is 3. The highest BCUT2D eigenvalue weighted by Crippen LogP contribution is 2.28. The number of carbonyl (C=O) groups excluding carboxylic acids is 2. The van der Waals surface area contributed by atoms with Crippen LogP contribution in [0.2, 0.25) is 0 Å². The zero-order chi connectivity index (χ0) is 29.6. The molecule has 3 aromatic carbocycles. The van der Waals surface area contributed by atoms with Crippen LogP contribution in [0.4, 0.5) is 17.3 Å². The maximum atomic E-state index is 13.0. The van der Waals surface area contributed by atoms with Crippen LogP contribution >= 0.6 is 0 Å². The molecular weight excluding hydrogens is 514 g/mol. The molecule has 1 aromatic heterocycles. The van der Waals surface area contributed by atoms with E-state index in [0.29, 0.717) is 35.1 Å². The summed E-state index contributed by atoms with van der Waals surface area (Å²) < 4.78 is 0. The van der Waals surface area contributed by atoms with Gasteiger partial charge in [0, 0.05) is 41.2 Å². The summed E-state index contributed by atoms with van der Waals surface area (Å²) in [7, 11) is 3.92. The van der Waals surface area contributed by atoms with Crippen molar-refractivity contribution in [2.45, 2.75) is 33.1 Å². The number of anilines is 3. The van der Waals surface area contributed by atoms with Crippen molar-refractivity contribution >= 4 is 29.1 Å². The normalized spacial score (nSPS) is 11.3. The van der Waals surface area contributed by atoms with Crippen LogP contribution in [-0.4, -0.2) is 58.9 Å². The molecular formula is C32H37N7O2. The number of nitrogens with zero attached hydrogens (tertiary/aromatic N) is 4. The average molecular weight is 552 g/mol. The van der Waals surface area contributed by atoms with E-state index in [-0.39, 0.29) is 17.2 Å². The van der Waals surface area contributed by atoms with Crippen molar-refractivity contribution in [3.05, 3.63) is 95.3 Å². The highest BCUT2D eigenvalue weighted by atomic mass is 16.2. The molecule has 41 heavy (non-hydrogen) atoms. The number of likely N-dealkylation sites (N-methyl/N-ethyl adjacent to an activating group) is 1. The van der Waals surface area contributed by atoms with Gasteiger partial charge in [0.15, 0.2) is 5.82 Å². The minimum absolute atomic E-state index is 0.0176. The smallest absolute Gasteiger partial charge is 0.255 e. The molecule has 0 fully saturated rings. The van der Waals surface area contributed by atoms with Crippen LogP contribution in [-0.2, 0) is 5.41 Å². The molecule has 9 nitrogen and oxygen atoms in total. The summed E-state index contributed by atoms with van der Waals surface area (Å²) in [5.74, 6) is 0.539. The van der Waals surface area contributed by atoms with Crippen molar-refractivity contribution in [2.24, 2.45) is 0 Å². The topological polar surface area (TPSA) is 112 Å². The first kappa shape index (κ1) is 29.4. The molecule has 0 saturated carbocycles. The highest BCUT2D eigenvalue weighted by Gasteiger charge is 2.16. The van der Waals surface area contributed by atoms with Gasteiger partial charge < -0.3 is 20.9 Å². The molecule has 3 N–H and O–H groups in total. The third-order valence-corrected chi connectivity index (χ3v) is 6.66. The Bertz CT molecular complexity index is 1510. The molecule has 2 amide bonds. The molecule has 212 valence electrons. The Morgan fingerprint density at radius 1 is 0.854 bits per heavy atom. The molecule has 0 aliphatic carbocycles. The lowest BCUT2D eigenvalue weighted by atomic mass is 9.86. The van der Waals surface area contributed by atoms with Crippen LogP contribution in [0.15, 0.2) is 73.1 Å². The number of carbonyl (C=O) groups is 2. The molecule has 0 radical (unpaired) electrons. The van der Waals surface area contributed by atoms with Gasteiger partial charge in [0.1, 0.15) is 6.33 Å². The predicted molar refractivity (Wildman–Crippen MR) is 164 cm³/mol. The Balaban J connectivity index is 1.45. The van der Waals surface area contributed by atoms with Gasteiger partial charge in [0.05, 0.1) is 0 Å². The molecule has 0 spiro atoms. The van der Waals surface area contributed by atoms with Gasteiger partial charge in [-0.2, -0.15) is 4.98 Å². The van der Waals surface area contributed by atoms with Crippen molar-refractivity contribution in [1.29, 1.82) is 0 Å². The number of nitrogens with one attached hydrogen (secondary N) is 3. The lowest BCUT2D eigenvalue weighted by Crippen LogP contribution is -2.31. The number of aromatic nitrogens is 3. The van der Waals surface area contributed by atoms with Crippen LogP contribution < -0.4 is 16.0 Å². The average Bonchev–Trinajstić information content (AvgIpc) is 2.94. The fourth-order valence-electron chi connectivity index (χ4n) is 4.14. The van der Waals surface area contributed by atoms with E-state index in [2.05, 4.69) is 51.7 Å². The standard InChI is InChI=1S/C32H37N7O2/c1-21-26(8-7-9-27(21)37-30(41)23-10-14-24(15-11-23)32(2,3)4)28-34-20-35-31(38-28)36-25-16-12-22(13-17-25)29(40)33-18-19-39(5)6/h7-17,20H,18-19H2,1-6H3,(H,33,40)(H,37,41)(H,34,35,36,38). The third-order valence-electron chi connectivity index (χ3n) is 6.66. The summed E-state index contributed by atoms with van der Waals surface area (Å²) in [4.78, 5) is 40.6. The first-order chi connectivity index (χ1) is 19.5. The lowest BCUT2D eigenvalue weighted by Gasteiger charge is -2.19. The second kappa shape index (κ2) is 12.7. The molecule has 1 heterocycles. The van der Waals surface area contributed by atoms with E-state index in [1.807, 2.05) is 68.4 Å². The lowest BCUT2D eigenvalue weighted by molar-refractivity contribution is 0.0950. The summed E-state index contributed by atoms with van der Waals surface area (Å²) in [5, 5.41) is 9.09. The van der Waals surface area contributed by atoms with Crippen LogP contribution in [0, 0.1) is 6.92 Å². The largest absolute Gasteiger partial charge is 0.351 e. The van der Waals surface area contributed by atoms with Gasteiger partial charge in [-0.05, 0) is 80.0 Å². The van der Waals surface area contributed by atoms with E-state index in [1.165, 1.54) is 11.9 Å². The van der Waals surface area contributed by atoms with Gasteiger partial charge in [-0.15, -0.1) is 0 Å². The highest BCUT2D eigenvalue weighted by molar-refractivity contribution is 6.05. The van der Waals surface area contributed by atoms with Crippen molar-refractivity contribution in [1.82, 2.24) is 25.2 Å². The van der Waals surface area contributed by atoms with Gasteiger partial charge >= 0.3 is 0 Å². The molecule has 0 bridgehead atoms. The van der Waals surface area contributed by atoms with E-state index in [1.54, 1.807) is 24.3 Å². The van der Waals surface area contributed by atoms with E-state index in [4.69, 9.17) is 0 Å². The summed E-state index contributed by atoms with van der Waals surface area (Å²) in [5.41, 5.74) is 5.39. The van der Waals surface area contributed by atoms with Gasteiger partial charge in [0.25, 0.3) is 11.8 Å². The van der Waals surface area contributed by atoms with Crippen LogP contribution in [0.1, 0.15) is 52.6 Å². The fraction of sp³-hybridized carbons (Fsp3) is 0.281. The number of amides is 2. The summed E-state index contributed by atoms with van der Waals surface area (Å²) in [6, 6.07) is 20.4. The second-order valence-corrected chi connectivity index (χ2v) is 11.2. The van der Waals surface area contributed by atoms with Crippen molar-refractivity contribution in [2.75, 3.05) is 37.8 Å². The van der Waals surface area contributed by atoms with Crippen molar-refractivity contribution < 1.29 is 9.59 Å². The number of rotatable bonds is 9. The van der Waals surface area contributed by atoms with Crippen LogP contribution in [0.25, 0.3) is 11.4 Å². The minimum Gasteiger partial charge on any atom is -0.351 e. The van der Waals surface area contributed by atoms with E-state index >= 15 is 0 Å². The van der Waals surface area contributed by atoms with Gasteiger partial charge in [-0.1, -0.05) is 45.0 Å². The Morgan fingerprint density at radius 3 is 2.17 bits per heavy atom. The molecule has 0 unspecified atom stereocenters. The SMILES string of the molecule is Cc1c(NC(=O)c2ccc(C(C)(C)C)cc2)cccc1-c1ncnc(Nc2ccc(C(=O)NCCN(C)C)cc2)n1. The van der Waals surface area contributed by atoms with Crippen molar-refractivity contribution in [3.63, 3.8) is 0 Å². The summed E-state index contributed by atoms with van der Waals surface area (Å²) in [6.45, 7) is 9.70. The molecule has 4 rings (SSSR count). The molecule has 4 aromatic rings. The third kappa shape index (κ3) is 7.73. The van der Waals surface area contributed by atoms with Gasteiger partial charge in [-0.25, -0.2) is 9.97 Å². The first-order valence-electron chi connectivity index (χ1n) is 13.5. The summed E-state index contributed by atoms with van der Waals surface area (Å²) in [6.07, 6.45) is 1.44. The number of hydrogen-bond donors (Lipinski definition) is 3. The molecule has 0 aliphatic rings. The van der Waals surface area contributed by atoms with E-state index in [0.717, 1.165) is 23.4 Å². The number of hydrogen-bond acceptors (Lipinski definition) is 7. The molecule has 9 heteroatoms. The Morgan fingerprint density at radius 2 is 1.51 bits per heavy atom. The van der Waals surface area contributed by atoms with Gasteiger partial charge in [0.2, 0.25) is 5.95 Å². The second-order valence-electron chi connectivity index (χ2n) is 11.2. The minimum atomic E-state index is -0.182. The Kier molecular flexibility index (Phi) is 9.09.